The summed E-state index contributed by atoms with van der Waals surface area (Å²) in [5, 5.41) is 0. The van der Waals surface area contributed by atoms with Crippen molar-refractivity contribution >= 4 is 23.2 Å². The van der Waals surface area contributed by atoms with Crippen LogP contribution in [0.4, 0.5) is 0 Å². The smallest absolute Gasteiger partial charge is 0.0848 e. The molecule has 1 rings (SSSR count). The van der Waals surface area contributed by atoms with E-state index in [4.69, 9.17) is 23.2 Å². The summed E-state index contributed by atoms with van der Waals surface area (Å²) < 4.78 is 0. The largest absolute Gasteiger partial charge is 0.113 e. The molecule has 0 fully saturated rings. The lowest BCUT2D eigenvalue weighted by molar-refractivity contribution is 0.536. The van der Waals surface area contributed by atoms with Crippen LogP contribution in [0.3, 0.4) is 0 Å². The molecule has 9 heavy (non-hydrogen) atoms. The van der Waals surface area contributed by atoms with Gasteiger partial charge in [0.2, 0.25) is 0 Å². The van der Waals surface area contributed by atoms with Crippen LogP contribution in [0.25, 0.3) is 0 Å². The van der Waals surface area contributed by atoms with Crippen LogP contribution in [-0.4, -0.2) is 9.75 Å². The third-order valence-corrected chi connectivity index (χ3v) is 3.42. The van der Waals surface area contributed by atoms with E-state index in [1.54, 1.807) is 0 Å². The summed E-state index contributed by atoms with van der Waals surface area (Å²) in [7, 11) is 0. The first kappa shape index (κ1) is 7.43. The summed E-state index contributed by atoms with van der Waals surface area (Å²) in [5.41, 5.74) is 1.17. The van der Waals surface area contributed by atoms with Crippen molar-refractivity contribution in [2.45, 2.75) is 30.5 Å². The minimum Gasteiger partial charge on any atom is -0.113 e. The molecular weight excluding hydrogens is 155 g/mol. The van der Waals surface area contributed by atoms with E-state index in [2.05, 4.69) is 0 Å². The average Bonchev–Trinajstić information content (AvgIpc) is 1.65. The Bertz CT molecular complexity index is 166. The Labute approximate surface area is 65.8 Å². The summed E-state index contributed by atoms with van der Waals surface area (Å²) in [4.78, 5) is -0.660. The minimum absolute atomic E-state index is 0.325. The van der Waals surface area contributed by atoms with Gasteiger partial charge in [-0.1, -0.05) is 11.6 Å². The number of alkyl halides is 2. The van der Waals surface area contributed by atoms with E-state index in [-0.39, 0.29) is 9.75 Å². The third-order valence-electron chi connectivity index (χ3n) is 2.15. The quantitative estimate of drug-likeness (QED) is 0.382. The van der Waals surface area contributed by atoms with Crippen LogP contribution in [0.15, 0.2) is 11.6 Å². The summed E-state index contributed by atoms with van der Waals surface area (Å²) in [6.45, 7) is 5.86. The van der Waals surface area contributed by atoms with E-state index in [0.29, 0.717) is 0 Å². The zero-order chi connectivity index (χ0) is 7.28. The van der Waals surface area contributed by atoms with Crippen molar-refractivity contribution in [3.63, 3.8) is 0 Å². The van der Waals surface area contributed by atoms with Crippen LogP contribution >= 0.6 is 23.2 Å². The monoisotopic (exact) mass is 164 g/mol. The summed E-state index contributed by atoms with van der Waals surface area (Å²) >= 11 is 12.0. The number of hydrogen-bond acceptors (Lipinski definition) is 0. The Morgan fingerprint density at radius 3 is 1.78 bits per heavy atom. The SMILES string of the molecule is CC1=C[C@@](C)(Cl)[C@@]1(C)Cl. The fraction of sp³-hybridized carbons (Fsp3) is 0.714. The highest BCUT2D eigenvalue weighted by atomic mass is 35.5. The molecule has 52 valence electrons. The van der Waals surface area contributed by atoms with Gasteiger partial charge in [-0.05, 0) is 20.8 Å². The first-order valence-electron chi connectivity index (χ1n) is 2.96. The molecule has 0 N–H and O–H groups in total. The number of rotatable bonds is 0. The molecule has 1 aliphatic rings. The van der Waals surface area contributed by atoms with E-state index in [1.165, 1.54) is 5.57 Å². The Morgan fingerprint density at radius 1 is 1.33 bits per heavy atom. The first-order chi connectivity index (χ1) is 3.88. The Hall–Kier alpha value is 0.320. The van der Waals surface area contributed by atoms with Gasteiger partial charge >= 0.3 is 0 Å². The molecule has 1 aliphatic carbocycles. The van der Waals surface area contributed by atoms with E-state index in [0.717, 1.165) is 0 Å². The van der Waals surface area contributed by atoms with Crippen molar-refractivity contribution < 1.29 is 0 Å². The van der Waals surface area contributed by atoms with Crippen molar-refractivity contribution in [3.8, 4) is 0 Å². The van der Waals surface area contributed by atoms with Gasteiger partial charge in [0, 0.05) is 0 Å². The molecule has 0 nitrogen and oxygen atoms in total. The number of hydrogen-bond donors (Lipinski definition) is 0. The second kappa shape index (κ2) is 1.67. The molecule has 0 saturated heterocycles. The van der Waals surface area contributed by atoms with Gasteiger partial charge in [0.1, 0.15) is 0 Å². The topological polar surface area (TPSA) is 0 Å². The highest BCUT2D eigenvalue weighted by molar-refractivity contribution is 6.38. The molecule has 0 spiro atoms. The van der Waals surface area contributed by atoms with E-state index in [1.807, 2.05) is 26.8 Å². The summed E-state index contributed by atoms with van der Waals surface area (Å²) in [6.07, 6.45) is 1.99. The second-order valence-electron chi connectivity index (χ2n) is 2.91. The van der Waals surface area contributed by atoms with Gasteiger partial charge < -0.3 is 0 Å². The van der Waals surface area contributed by atoms with E-state index < -0.39 is 0 Å². The fourth-order valence-corrected chi connectivity index (χ4v) is 1.41. The van der Waals surface area contributed by atoms with Crippen LogP contribution in [0.1, 0.15) is 20.8 Å². The molecule has 0 aromatic heterocycles. The molecule has 0 radical (unpaired) electrons. The van der Waals surface area contributed by atoms with E-state index >= 15 is 0 Å². The molecule has 0 aromatic carbocycles. The maximum Gasteiger partial charge on any atom is 0.0848 e. The third kappa shape index (κ3) is 0.805. The molecule has 0 unspecified atom stereocenters. The molecular formula is C7H10Cl2. The Morgan fingerprint density at radius 2 is 1.78 bits per heavy atom. The molecule has 0 bridgehead atoms. The van der Waals surface area contributed by atoms with Crippen molar-refractivity contribution in [3.05, 3.63) is 11.6 Å². The fourth-order valence-electron chi connectivity index (χ4n) is 0.985. The maximum atomic E-state index is 6.05. The van der Waals surface area contributed by atoms with Gasteiger partial charge in [-0.3, -0.25) is 0 Å². The van der Waals surface area contributed by atoms with Crippen LogP contribution in [-0.2, 0) is 0 Å². The summed E-state index contributed by atoms with van der Waals surface area (Å²) in [5.74, 6) is 0. The van der Waals surface area contributed by atoms with Crippen molar-refractivity contribution in [2.24, 2.45) is 0 Å². The molecule has 2 atom stereocenters. The number of allylic oxidation sites excluding steroid dienone is 2. The van der Waals surface area contributed by atoms with Gasteiger partial charge in [0.25, 0.3) is 0 Å². The zero-order valence-electron chi connectivity index (χ0n) is 5.83. The second-order valence-corrected chi connectivity index (χ2v) is 4.45. The Kier molecular flexibility index (Phi) is 1.38. The average molecular weight is 165 g/mol. The molecule has 0 amide bonds. The highest BCUT2D eigenvalue weighted by Gasteiger charge is 2.49. The van der Waals surface area contributed by atoms with Gasteiger partial charge in [0.15, 0.2) is 0 Å². The zero-order valence-corrected chi connectivity index (χ0v) is 7.35. The maximum absolute atomic E-state index is 6.05. The van der Waals surface area contributed by atoms with Crippen molar-refractivity contribution in [1.82, 2.24) is 0 Å². The molecule has 0 saturated carbocycles. The van der Waals surface area contributed by atoms with Crippen LogP contribution in [0.2, 0.25) is 0 Å². The van der Waals surface area contributed by atoms with Gasteiger partial charge in [-0.25, -0.2) is 0 Å². The van der Waals surface area contributed by atoms with Crippen LogP contribution < -0.4 is 0 Å². The lowest BCUT2D eigenvalue weighted by atomic mass is 9.76. The van der Waals surface area contributed by atoms with Gasteiger partial charge in [-0.2, -0.15) is 0 Å². The standard InChI is InChI=1S/C7H10Cl2/c1-5-4-6(2,8)7(5,3)9/h4H,1-3H3/t6-,7+/m1/s1. The molecule has 0 aromatic rings. The highest BCUT2D eigenvalue weighted by Crippen LogP contribution is 2.50. The van der Waals surface area contributed by atoms with Crippen LogP contribution in [0, 0.1) is 0 Å². The minimum atomic E-state index is -0.335. The lowest BCUT2D eigenvalue weighted by Gasteiger charge is -2.44. The van der Waals surface area contributed by atoms with Crippen LogP contribution in [0.5, 0.6) is 0 Å². The van der Waals surface area contributed by atoms with E-state index in [9.17, 15) is 0 Å². The Balaban J connectivity index is 2.94. The van der Waals surface area contributed by atoms with Gasteiger partial charge in [0.05, 0.1) is 9.75 Å². The van der Waals surface area contributed by atoms with Crippen molar-refractivity contribution in [2.75, 3.05) is 0 Å². The predicted molar refractivity (Wildman–Crippen MR) is 42.3 cm³/mol. The normalized spacial score (nSPS) is 50.1. The summed E-state index contributed by atoms with van der Waals surface area (Å²) in [6, 6.07) is 0. The predicted octanol–water partition coefficient (Wildman–Crippen LogP) is 2.94. The molecule has 2 heteroatoms. The lowest BCUT2D eigenvalue weighted by Crippen LogP contribution is -2.48. The van der Waals surface area contributed by atoms with Gasteiger partial charge in [-0.15, -0.1) is 23.2 Å². The first-order valence-corrected chi connectivity index (χ1v) is 3.71. The molecule has 0 heterocycles. The van der Waals surface area contributed by atoms with Crippen molar-refractivity contribution in [1.29, 1.82) is 0 Å². The molecule has 0 aliphatic heterocycles. The number of halogens is 2.